The standard InChI is InChI=1S/C14H28N2O/c1-11(2)9-13-7-5-6-8-16(13)14(17)12(3)10-15-4/h11-13,15H,5-10H2,1-4H3. The molecule has 0 spiro atoms. The molecule has 0 aromatic heterocycles. The largest absolute Gasteiger partial charge is 0.339 e. The summed E-state index contributed by atoms with van der Waals surface area (Å²) in [6.07, 6.45) is 4.79. The third-order valence-electron chi connectivity index (χ3n) is 3.59. The van der Waals surface area contributed by atoms with E-state index >= 15 is 0 Å². The Labute approximate surface area is 106 Å². The van der Waals surface area contributed by atoms with Crippen LogP contribution in [0.2, 0.25) is 0 Å². The predicted molar refractivity (Wildman–Crippen MR) is 71.9 cm³/mol. The van der Waals surface area contributed by atoms with Gasteiger partial charge in [-0.25, -0.2) is 0 Å². The summed E-state index contributed by atoms with van der Waals surface area (Å²) in [5.41, 5.74) is 0. The van der Waals surface area contributed by atoms with Crippen LogP contribution >= 0.6 is 0 Å². The number of piperidine rings is 1. The Kier molecular flexibility index (Phi) is 5.96. The number of rotatable bonds is 5. The Morgan fingerprint density at radius 2 is 2.06 bits per heavy atom. The lowest BCUT2D eigenvalue weighted by molar-refractivity contribution is -0.139. The molecule has 1 saturated heterocycles. The van der Waals surface area contributed by atoms with E-state index in [2.05, 4.69) is 24.1 Å². The van der Waals surface area contributed by atoms with E-state index in [1.807, 2.05) is 14.0 Å². The van der Waals surface area contributed by atoms with Crippen molar-refractivity contribution in [3.63, 3.8) is 0 Å². The molecule has 17 heavy (non-hydrogen) atoms. The molecule has 2 unspecified atom stereocenters. The highest BCUT2D eigenvalue weighted by Gasteiger charge is 2.29. The molecule has 3 nitrogen and oxygen atoms in total. The van der Waals surface area contributed by atoms with Gasteiger partial charge in [-0.3, -0.25) is 4.79 Å². The molecule has 1 rings (SSSR count). The van der Waals surface area contributed by atoms with Gasteiger partial charge in [0.05, 0.1) is 0 Å². The molecule has 0 aromatic rings. The minimum absolute atomic E-state index is 0.104. The maximum absolute atomic E-state index is 12.4. The highest BCUT2D eigenvalue weighted by molar-refractivity contribution is 5.79. The second-order valence-corrected chi connectivity index (χ2v) is 5.77. The number of hydrogen-bond acceptors (Lipinski definition) is 2. The minimum atomic E-state index is 0.104. The van der Waals surface area contributed by atoms with Crippen LogP contribution in [0.4, 0.5) is 0 Å². The average Bonchev–Trinajstić information content (AvgIpc) is 2.28. The Morgan fingerprint density at radius 1 is 1.35 bits per heavy atom. The van der Waals surface area contributed by atoms with Crippen LogP contribution in [0.3, 0.4) is 0 Å². The van der Waals surface area contributed by atoms with Crippen LogP contribution < -0.4 is 5.32 Å². The first kappa shape index (κ1) is 14.5. The molecule has 1 N–H and O–H groups in total. The second kappa shape index (κ2) is 7.00. The number of carbonyl (C=O) groups excluding carboxylic acids is 1. The molecule has 1 heterocycles. The Balaban J connectivity index is 2.60. The summed E-state index contributed by atoms with van der Waals surface area (Å²) in [5, 5.41) is 3.10. The second-order valence-electron chi connectivity index (χ2n) is 5.77. The average molecular weight is 240 g/mol. The topological polar surface area (TPSA) is 32.3 Å². The number of hydrogen-bond donors (Lipinski definition) is 1. The molecule has 1 amide bonds. The monoisotopic (exact) mass is 240 g/mol. The van der Waals surface area contributed by atoms with Gasteiger partial charge in [0.25, 0.3) is 0 Å². The molecule has 0 saturated carbocycles. The molecular formula is C14H28N2O. The summed E-state index contributed by atoms with van der Waals surface area (Å²) in [4.78, 5) is 14.5. The number of nitrogens with zero attached hydrogens (tertiary/aromatic N) is 1. The quantitative estimate of drug-likeness (QED) is 0.799. The number of nitrogens with one attached hydrogen (secondary N) is 1. The number of amides is 1. The number of carbonyl (C=O) groups is 1. The minimum Gasteiger partial charge on any atom is -0.339 e. The third kappa shape index (κ3) is 4.30. The predicted octanol–water partition coefficient (Wildman–Crippen LogP) is 2.27. The summed E-state index contributed by atoms with van der Waals surface area (Å²) in [7, 11) is 1.91. The van der Waals surface area contributed by atoms with Crippen molar-refractivity contribution in [1.82, 2.24) is 10.2 Å². The van der Waals surface area contributed by atoms with E-state index in [0.717, 1.165) is 19.5 Å². The summed E-state index contributed by atoms with van der Waals surface area (Å²) in [5.74, 6) is 1.12. The van der Waals surface area contributed by atoms with Gasteiger partial charge in [0.15, 0.2) is 0 Å². The molecule has 0 aliphatic carbocycles. The van der Waals surface area contributed by atoms with Crippen LogP contribution in [-0.4, -0.2) is 37.0 Å². The highest BCUT2D eigenvalue weighted by Crippen LogP contribution is 2.24. The van der Waals surface area contributed by atoms with E-state index in [1.165, 1.54) is 19.3 Å². The van der Waals surface area contributed by atoms with Crippen molar-refractivity contribution in [2.24, 2.45) is 11.8 Å². The van der Waals surface area contributed by atoms with Crippen LogP contribution in [0.5, 0.6) is 0 Å². The first-order chi connectivity index (χ1) is 8.06. The Hall–Kier alpha value is -0.570. The van der Waals surface area contributed by atoms with E-state index in [1.54, 1.807) is 0 Å². The van der Waals surface area contributed by atoms with Gasteiger partial charge in [-0.1, -0.05) is 20.8 Å². The van der Waals surface area contributed by atoms with Crippen molar-refractivity contribution >= 4 is 5.91 Å². The first-order valence-electron chi connectivity index (χ1n) is 7.01. The lowest BCUT2D eigenvalue weighted by Gasteiger charge is -2.38. The molecule has 1 fully saturated rings. The molecule has 0 aromatic carbocycles. The van der Waals surface area contributed by atoms with Gasteiger partial charge < -0.3 is 10.2 Å². The first-order valence-corrected chi connectivity index (χ1v) is 7.01. The molecule has 1 aliphatic heterocycles. The van der Waals surface area contributed by atoms with Gasteiger partial charge in [0.2, 0.25) is 5.91 Å². The maximum atomic E-state index is 12.4. The highest BCUT2D eigenvalue weighted by atomic mass is 16.2. The van der Waals surface area contributed by atoms with Gasteiger partial charge in [0.1, 0.15) is 0 Å². The summed E-state index contributed by atoms with van der Waals surface area (Å²) < 4.78 is 0. The van der Waals surface area contributed by atoms with E-state index in [4.69, 9.17) is 0 Å². The Bertz CT molecular complexity index is 240. The molecule has 3 heteroatoms. The fourth-order valence-electron chi connectivity index (χ4n) is 2.76. The van der Waals surface area contributed by atoms with Crippen LogP contribution in [0.25, 0.3) is 0 Å². The van der Waals surface area contributed by atoms with Crippen LogP contribution in [-0.2, 0) is 4.79 Å². The lowest BCUT2D eigenvalue weighted by atomic mass is 9.93. The zero-order valence-electron chi connectivity index (χ0n) is 11.8. The van der Waals surface area contributed by atoms with E-state index in [0.29, 0.717) is 17.9 Å². The molecule has 0 bridgehead atoms. The van der Waals surface area contributed by atoms with Gasteiger partial charge in [0, 0.05) is 25.0 Å². The van der Waals surface area contributed by atoms with Crippen LogP contribution in [0, 0.1) is 11.8 Å². The van der Waals surface area contributed by atoms with Gasteiger partial charge >= 0.3 is 0 Å². The third-order valence-corrected chi connectivity index (χ3v) is 3.59. The van der Waals surface area contributed by atoms with Gasteiger partial charge in [-0.05, 0) is 38.6 Å². The van der Waals surface area contributed by atoms with Gasteiger partial charge in [-0.15, -0.1) is 0 Å². The smallest absolute Gasteiger partial charge is 0.226 e. The van der Waals surface area contributed by atoms with Crippen molar-refractivity contribution in [1.29, 1.82) is 0 Å². The van der Waals surface area contributed by atoms with Crippen molar-refractivity contribution in [2.45, 2.75) is 52.5 Å². The molecule has 0 radical (unpaired) electrons. The van der Waals surface area contributed by atoms with Crippen LogP contribution in [0.15, 0.2) is 0 Å². The molecular weight excluding hydrogens is 212 g/mol. The fraction of sp³-hybridized carbons (Fsp3) is 0.929. The van der Waals surface area contributed by atoms with E-state index in [-0.39, 0.29) is 5.92 Å². The van der Waals surface area contributed by atoms with Crippen molar-refractivity contribution in [3.05, 3.63) is 0 Å². The van der Waals surface area contributed by atoms with Crippen molar-refractivity contribution < 1.29 is 4.79 Å². The fourth-order valence-corrected chi connectivity index (χ4v) is 2.76. The summed E-state index contributed by atoms with van der Waals surface area (Å²) in [6.45, 7) is 8.26. The van der Waals surface area contributed by atoms with Crippen molar-refractivity contribution in [2.75, 3.05) is 20.1 Å². The summed E-state index contributed by atoms with van der Waals surface area (Å²) >= 11 is 0. The van der Waals surface area contributed by atoms with E-state index < -0.39 is 0 Å². The molecule has 100 valence electrons. The normalized spacial score (nSPS) is 22.9. The summed E-state index contributed by atoms with van der Waals surface area (Å²) in [6, 6.07) is 0.482. The number of likely N-dealkylation sites (tertiary alicyclic amines) is 1. The zero-order valence-corrected chi connectivity index (χ0v) is 11.8. The SMILES string of the molecule is CNCC(C)C(=O)N1CCCCC1CC(C)C. The Morgan fingerprint density at radius 3 is 2.65 bits per heavy atom. The van der Waals surface area contributed by atoms with Crippen molar-refractivity contribution in [3.8, 4) is 0 Å². The van der Waals surface area contributed by atoms with Crippen LogP contribution in [0.1, 0.15) is 46.5 Å². The van der Waals surface area contributed by atoms with Gasteiger partial charge in [-0.2, -0.15) is 0 Å². The van der Waals surface area contributed by atoms with E-state index in [9.17, 15) is 4.79 Å². The lowest BCUT2D eigenvalue weighted by Crippen LogP contribution is -2.47. The molecule has 2 atom stereocenters. The molecule has 1 aliphatic rings. The maximum Gasteiger partial charge on any atom is 0.226 e. The zero-order chi connectivity index (χ0) is 12.8.